The van der Waals surface area contributed by atoms with Crippen LogP contribution in [0, 0.1) is 0 Å². The van der Waals surface area contributed by atoms with E-state index in [1.807, 2.05) is 6.07 Å². The minimum Gasteiger partial charge on any atom is -0.497 e. The lowest BCUT2D eigenvalue weighted by Crippen LogP contribution is -2.03. The van der Waals surface area contributed by atoms with Crippen LogP contribution >= 0.6 is 11.6 Å². The number of hydrogen-bond acceptors (Lipinski definition) is 3. The number of aromatic nitrogens is 1. The van der Waals surface area contributed by atoms with Gasteiger partial charge >= 0.3 is 0 Å². The van der Waals surface area contributed by atoms with Crippen molar-refractivity contribution in [1.29, 1.82) is 0 Å². The van der Waals surface area contributed by atoms with E-state index >= 15 is 0 Å². The third kappa shape index (κ3) is 2.42. The number of hydrogen-bond donors (Lipinski definition) is 1. The summed E-state index contributed by atoms with van der Waals surface area (Å²) in [5.74, 6) is 1.000. The zero-order valence-electron chi connectivity index (χ0n) is 12.1. The number of aromatic amines is 1. The van der Waals surface area contributed by atoms with Gasteiger partial charge in [-0.1, -0.05) is 17.7 Å². The number of rotatable bonds is 4. The molecule has 0 unspecified atom stereocenters. The van der Waals surface area contributed by atoms with E-state index in [9.17, 15) is 4.79 Å². The van der Waals surface area contributed by atoms with E-state index in [-0.39, 0.29) is 5.78 Å². The highest BCUT2D eigenvalue weighted by Gasteiger charge is 2.18. The van der Waals surface area contributed by atoms with Crippen molar-refractivity contribution >= 4 is 28.3 Å². The second-order valence-corrected chi connectivity index (χ2v) is 5.22. The number of halogens is 1. The van der Waals surface area contributed by atoms with Gasteiger partial charge in [0.15, 0.2) is 5.78 Å². The van der Waals surface area contributed by atoms with Crippen molar-refractivity contribution in [3.63, 3.8) is 0 Å². The van der Waals surface area contributed by atoms with Crippen LogP contribution in [-0.4, -0.2) is 25.0 Å². The third-order valence-corrected chi connectivity index (χ3v) is 3.78. The van der Waals surface area contributed by atoms with Gasteiger partial charge in [-0.25, -0.2) is 0 Å². The minimum atomic E-state index is -0.118. The lowest BCUT2D eigenvalue weighted by Gasteiger charge is -2.09. The predicted molar refractivity (Wildman–Crippen MR) is 86.3 cm³/mol. The fourth-order valence-electron chi connectivity index (χ4n) is 2.42. The van der Waals surface area contributed by atoms with Gasteiger partial charge in [0.05, 0.1) is 19.8 Å². The predicted octanol–water partition coefficient (Wildman–Crippen LogP) is 4.07. The normalized spacial score (nSPS) is 10.7. The monoisotopic (exact) mass is 315 g/mol. The van der Waals surface area contributed by atoms with Gasteiger partial charge in [0, 0.05) is 33.8 Å². The Labute approximate surface area is 132 Å². The average molecular weight is 316 g/mol. The molecule has 4 nitrogen and oxygen atoms in total. The van der Waals surface area contributed by atoms with Gasteiger partial charge in [-0.2, -0.15) is 0 Å². The molecule has 0 aliphatic carbocycles. The second-order valence-electron chi connectivity index (χ2n) is 4.79. The molecule has 1 N–H and O–H groups in total. The molecule has 22 heavy (non-hydrogen) atoms. The molecule has 0 aliphatic rings. The Balaban J connectivity index is 2.09. The number of methoxy groups -OCH3 is 2. The zero-order valence-corrected chi connectivity index (χ0v) is 12.9. The van der Waals surface area contributed by atoms with Crippen LogP contribution < -0.4 is 9.47 Å². The van der Waals surface area contributed by atoms with Crippen molar-refractivity contribution in [3.05, 3.63) is 58.7 Å². The van der Waals surface area contributed by atoms with Gasteiger partial charge in [-0.15, -0.1) is 0 Å². The quantitative estimate of drug-likeness (QED) is 0.738. The van der Waals surface area contributed by atoms with Gasteiger partial charge in [0.1, 0.15) is 11.5 Å². The molecular formula is C17H14ClNO3. The van der Waals surface area contributed by atoms with Gasteiger partial charge in [-0.3, -0.25) is 4.79 Å². The molecular weight excluding hydrogens is 302 g/mol. The molecule has 0 amide bonds. The summed E-state index contributed by atoms with van der Waals surface area (Å²) in [6, 6.07) is 10.5. The molecule has 0 saturated carbocycles. The van der Waals surface area contributed by atoms with Crippen LogP contribution in [0.5, 0.6) is 11.5 Å². The molecule has 0 radical (unpaired) electrons. The Hall–Kier alpha value is -2.46. The SMILES string of the molecule is COc1ccc(C(=O)c2c[nH]c3cc(Cl)ccc23)c(OC)c1. The summed E-state index contributed by atoms with van der Waals surface area (Å²) in [6.07, 6.45) is 1.69. The van der Waals surface area contributed by atoms with Gasteiger partial charge in [0.25, 0.3) is 0 Å². The number of ether oxygens (including phenoxy) is 2. The van der Waals surface area contributed by atoms with E-state index in [0.29, 0.717) is 27.6 Å². The topological polar surface area (TPSA) is 51.3 Å². The van der Waals surface area contributed by atoms with Crippen molar-refractivity contribution < 1.29 is 14.3 Å². The first kappa shape index (κ1) is 14.5. The van der Waals surface area contributed by atoms with Gasteiger partial charge < -0.3 is 14.5 Å². The molecule has 3 rings (SSSR count). The van der Waals surface area contributed by atoms with Crippen LogP contribution in [0.15, 0.2) is 42.6 Å². The van der Waals surface area contributed by atoms with Crippen LogP contribution in [0.2, 0.25) is 5.02 Å². The van der Waals surface area contributed by atoms with Crippen molar-refractivity contribution in [2.45, 2.75) is 0 Å². The molecule has 0 aliphatic heterocycles. The standard InChI is InChI=1S/C17H14ClNO3/c1-21-11-4-6-13(16(8-11)22-2)17(20)14-9-19-15-7-10(18)3-5-12(14)15/h3-9,19H,1-2H3. The smallest absolute Gasteiger partial charge is 0.198 e. The van der Waals surface area contributed by atoms with Crippen molar-refractivity contribution in [1.82, 2.24) is 4.98 Å². The maximum atomic E-state index is 12.8. The minimum absolute atomic E-state index is 0.118. The van der Waals surface area contributed by atoms with Crippen LogP contribution in [0.3, 0.4) is 0 Å². The van der Waals surface area contributed by atoms with E-state index in [0.717, 1.165) is 10.9 Å². The molecule has 1 aromatic heterocycles. The Kier molecular flexibility index (Phi) is 3.77. The first-order valence-electron chi connectivity index (χ1n) is 6.67. The summed E-state index contributed by atoms with van der Waals surface area (Å²) in [7, 11) is 3.10. The van der Waals surface area contributed by atoms with Gasteiger partial charge in [0.2, 0.25) is 0 Å². The molecule has 2 aromatic carbocycles. The van der Waals surface area contributed by atoms with E-state index < -0.39 is 0 Å². The number of benzene rings is 2. The fraction of sp³-hybridized carbons (Fsp3) is 0.118. The highest BCUT2D eigenvalue weighted by atomic mass is 35.5. The molecule has 0 fully saturated rings. The number of nitrogens with one attached hydrogen (secondary N) is 1. The first-order chi connectivity index (χ1) is 10.6. The fourth-order valence-corrected chi connectivity index (χ4v) is 2.59. The lowest BCUT2D eigenvalue weighted by molar-refractivity contribution is 0.103. The summed E-state index contributed by atoms with van der Waals surface area (Å²) < 4.78 is 10.5. The maximum Gasteiger partial charge on any atom is 0.198 e. The summed E-state index contributed by atoms with van der Waals surface area (Å²) >= 11 is 5.97. The molecule has 3 aromatic rings. The molecule has 112 valence electrons. The number of carbonyl (C=O) groups is 1. The van der Waals surface area contributed by atoms with E-state index in [2.05, 4.69) is 4.98 Å². The molecule has 0 spiro atoms. The van der Waals surface area contributed by atoms with Crippen LogP contribution in [0.4, 0.5) is 0 Å². The summed E-state index contributed by atoms with van der Waals surface area (Å²) in [4.78, 5) is 15.9. The van der Waals surface area contributed by atoms with E-state index in [1.165, 1.54) is 7.11 Å². The lowest BCUT2D eigenvalue weighted by atomic mass is 10.0. The number of carbonyl (C=O) groups excluding carboxylic acids is 1. The van der Waals surface area contributed by atoms with E-state index in [1.54, 1.807) is 43.6 Å². The molecule has 0 atom stereocenters. The Morgan fingerprint density at radius 1 is 1.05 bits per heavy atom. The maximum absolute atomic E-state index is 12.8. The Bertz CT molecular complexity index is 854. The molecule has 0 bridgehead atoms. The van der Waals surface area contributed by atoms with Crippen molar-refractivity contribution in [2.24, 2.45) is 0 Å². The summed E-state index contributed by atoms with van der Waals surface area (Å²) in [5, 5.41) is 1.45. The van der Waals surface area contributed by atoms with Crippen LogP contribution in [0.25, 0.3) is 10.9 Å². The second kappa shape index (κ2) is 5.73. The number of H-pyrrole nitrogens is 1. The third-order valence-electron chi connectivity index (χ3n) is 3.54. The zero-order chi connectivity index (χ0) is 15.7. The van der Waals surface area contributed by atoms with Crippen molar-refractivity contribution in [2.75, 3.05) is 14.2 Å². The molecule has 5 heteroatoms. The van der Waals surface area contributed by atoms with Crippen LogP contribution in [0.1, 0.15) is 15.9 Å². The average Bonchev–Trinajstić information content (AvgIpc) is 2.96. The molecule has 0 saturated heterocycles. The number of fused-ring (bicyclic) bond motifs is 1. The highest BCUT2D eigenvalue weighted by molar-refractivity contribution is 6.31. The summed E-state index contributed by atoms with van der Waals surface area (Å²) in [6.45, 7) is 0. The van der Waals surface area contributed by atoms with Crippen molar-refractivity contribution in [3.8, 4) is 11.5 Å². The Morgan fingerprint density at radius 3 is 2.59 bits per heavy atom. The van der Waals surface area contributed by atoms with Gasteiger partial charge in [-0.05, 0) is 24.3 Å². The molecule has 1 heterocycles. The summed E-state index contributed by atoms with van der Waals surface area (Å²) in [5.41, 5.74) is 1.89. The van der Waals surface area contributed by atoms with E-state index in [4.69, 9.17) is 21.1 Å². The first-order valence-corrected chi connectivity index (χ1v) is 7.05. The Morgan fingerprint density at radius 2 is 1.86 bits per heavy atom. The number of ketones is 1. The largest absolute Gasteiger partial charge is 0.497 e. The van der Waals surface area contributed by atoms with Crippen LogP contribution in [-0.2, 0) is 0 Å². The highest BCUT2D eigenvalue weighted by Crippen LogP contribution is 2.29.